The van der Waals surface area contributed by atoms with E-state index in [-0.39, 0.29) is 5.91 Å². The number of rotatable bonds is 9. The molecule has 0 saturated heterocycles. The molecule has 0 saturated carbocycles. The quantitative estimate of drug-likeness (QED) is 0.477. The van der Waals surface area contributed by atoms with Crippen LogP contribution in [0.25, 0.3) is 0 Å². The molecule has 1 aromatic heterocycles. The van der Waals surface area contributed by atoms with Gasteiger partial charge in [0.25, 0.3) is 0 Å². The summed E-state index contributed by atoms with van der Waals surface area (Å²) in [5, 5.41) is 7.43. The number of anilines is 1. The van der Waals surface area contributed by atoms with Gasteiger partial charge in [0, 0.05) is 12.0 Å². The van der Waals surface area contributed by atoms with Crippen LogP contribution in [0.5, 0.6) is 17.2 Å². The molecule has 8 heteroatoms. The van der Waals surface area contributed by atoms with Crippen LogP contribution in [0.15, 0.2) is 47.1 Å². The second kappa shape index (κ2) is 10.3. The van der Waals surface area contributed by atoms with Gasteiger partial charge in [-0.3, -0.25) is 4.79 Å². The summed E-state index contributed by atoms with van der Waals surface area (Å²) in [4.78, 5) is 12.6. The number of amides is 1. The maximum absolute atomic E-state index is 12.6. The van der Waals surface area contributed by atoms with Gasteiger partial charge in [0.2, 0.25) is 5.91 Å². The third-order valence-electron chi connectivity index (χ3n) is 4.92. The van der Waals surface area contributed by atoms with E-state index in [2.05, 4.69) is 26.3 Å². The summed E-state index contributed by atoms with van der Waals surface area (Å²) in [6.45, 7) is 2.42. The summed E-state index contributed by atoms with van der Waals surface area (Å²) in [6, 6.07) is 11.5. The van der Waals surface area contributed by atoms with Gasteiger partial charge in [-0.15, -0.1) is 0 Å². The number of hydrogen-bond acceptors (Lipinski definition) is 5. The van der Waals surface area contributed by atoms with Crippen LogP contribution in [-0.2, 0) is 17.8 Å². The Kier molecular flexibility index (Phi) is 7.57. The van der Waals surface area contributed by atoms with Gasteiger partial charge in [-0.25, -0.2) is 4.68 Å². The molecular formula is C23H26BrN3O4. The Labute approximate surface area is 190 Å². The zero-order valence-electron chi connectivity index (χ0n) is 18.1. The van der Waals surface area contributed by atoms with Crippen molar-refractivity contribution in [1.29, 1.82) is 0 Å². The summed E-state index contributed by atoms with van der Waals surface area (Å²) < 4.78 is 18.6. The van der Waals surface area contributed by atoms with Crippen LogP contribution in [-0.4, -0.2) is 37.0 Å². The maximum Gasteiger partial charge on any atom is 0.225 e. The first-order valence-electron chi connectivity index (χ1n) is 9.80. The molecule has 2 aromatic carbocycles. The van der Waals surface area contributed by atoms with Crippen molar-refractivity contribution in [3.63, 3.8) is 0 Å². The van der Waals surface area contributed by atoms with Gasteiger partial charge in [0.15, 0.2) is 11.5 Å². The topological polar surface area (TPSA) is 74.6 Å². The third kappa shape index (κ3) is 5.58. The number of methoxy groups -OCH3 is 3. The van der Waals surface area contributed by atoms with E-state index in [9.17, 15) is 4.79 Å². The zero-order chi connectivity index (χ0) is 22.4. The van der Waals surface area contributed by atoms with Crippen LogP contribution in [0.3, 0.4) is 0 Å². The number of nitrogens with zero attached hydrogens (tertiary/aromatic N) is 2. The van der Waals surface area contributed by atoms with E-state index in [0.717, 1.165) is 26.9 Å². The van der Waals surface area contributed by atoms with Gasteiger partial charge in [-0.05, 0) is 64.7 Å². The largest absolute Gasteiger partial charge is 0.496 e. The molecule has 0 spiro atoms. The fraction of sp³-hybridized carbons (Fsp3) is 0.304. The molecule has 164 valence electrons. The van der Waals surface area contributed by atoms with Gasteiger partial charge < -0.3 is 19.5 Å². The van der Waals surface area contributed by atoms with Crippen molar-refractivity contribution < 1.29 is 19.0 Å². The molecule has 0 unspecified atom stereocenters. The Bertz CT molecular complexity index is 1060. The summed E-state index contributed by atoms with van der Waals surface area (Å²) >= 11 is 3.48. The lowest BCUT2D eigenvalue weighted by Gasteiger charge is -2.13. The van der Waals surface area contributed by atoms with E-state index in [0.29, 0.717) is 36.7 Å². The smallest absolute Gasteiger partial charge is 0.225 e. The lowest BCUT2D eigenvalue weighted by Crippen LogP contribution is -2.17. The highest BCUT2D eigenvalue weighted by Gasteiger charge is 2.13. The van der Waals surface area contributed by atoms with Crippen molar-refractivity contribution in [1.82, 2.24) is 9.78 Å². The third-order valence-corrected chi connectivity index (χ3v) is 5.54. The number of benzene rings is 2. The number of aromatic nitrogens is 2. The average Bonchev–Trinajstić information content (AvgIpc) is 3.11. The van der Waals surface area contributed by atoms with Gasteiger partial charge >= 0.3 is 0 Å². The molecule has 1 amide bonds. The number of carbonyl (C=O) groups is 1. The number of hydrogen-bond donors (Lipinski definition) is 1. The number of nitrogens with one attached hydrogen (secondary N) is 1. The fourth-order valence-corrected chi connectivity index (χ4v) is 3.82. The minimum atomic E-state index is -0.0656. The molecule has 31 heavy (non-hydrogen) atoms. The Morgan fingerprint density at radius 3 is 2.35 bits per heavy atom. The number of carbonyl (C=O) groups excluding carboxylic acids is 1. The molecule has 1 heterocycles. The maximum atomic E-state index is 12.6. The van der Waals surface area contributed by atoms with E-state index >= 15 is 0 Å². The Hall–Kier alpha value is -3.00. The standard InChI is InChI=1S/C23H26BrN3O4/c1-15-13-25-27(14-17-6-9-20(30-3)21(12-17)31-4)23(15)26-22(28)10-7-16-5-8-19(29-2)18(24)11-16/h5-6,8-9,11-13H,7,10,14H2,1-4H3,(H,26,28). The second-order valence-corrected chi connectivity index (χ2v) is 7.89. The van der Waals surface area contributed by atoms with Crippen LogP contribution in [0.4, 0.5) is 5.82 Å². The van der Waals surface area contributed by atoms with Gasteiger partial charge in [-0.2, -0.15) is 5.10 Å². The molecular weight excluding hydrogens is 462 g/mol. The number of aryl methyl sites for hydroxylation is 2. The highest BCUT2D eigenvalue weighted by atomic mass is 79.9. The molecule has 0 atom stereocenters. The van der Waals surface area contributed by atoms with Crippen LogP contribution in [0.1, 0.15) is 23.1 Å². The highest BCUT2D eigenvalue weighted by molar-refractivity contribution is 9.10. The van der Waals surface area contributed by atoms with E-state index in [4.69, 9.17) is 14.2 Å². The fourth-order valence-electron chi connectivity index (χ4n) is 3.23. The van der Waals surface area contributed by atoms with Crippen molar-refractivity contribution in [2.45, 2.75) is 26.3 Å². The molecule has 0 fully saturated rings. The average molecular weight is 488 g/mol. The van der Waals surface area contributed by atoms with Crippen molar-refractivity contribution in [3.05, 3.63) is 63.8 Å². The Balaban J connectivity index is 1.67. The van der Waals surface area contributed by atoms with Crippen molar-refractivity contribution >= 4 is 27.7 Å². The molecule has 0 radical (unpaired) electrons. The van der Waals surface area contributed by atoms with E-state index in [1.165, 1.54) is 0 Å². The Morgan fingerprint density at radius 2 is 1.68 bits per heavy atom. The normalized spacial score (nSPS) is 10.6. The van der Waals surface area contributed by atoms with Crippen LogP contribution in [0, 0.1) is 6.92 Å². The lowest BCUT2D eigenvalue weighted by atomic mass is 10.1. The summed E-state index contributed by atoms with van der Waals surface area (Å²) in [5.41, 5.74) is 2.94. The zero-order valence-corrected chi connectivity index (χ0v) is 19.7. The molecule has 1 N–H and O–H groups in total. The molecule has 7 nitrogen and oxygen atoms in total. The molecule has 0 bridgehead atoms. The lowest BCUT2D eigenvalue weighted by molar-refractivity contribution is -0.116. The van der Waals surface area contributed by atoms with Gasteiger partial charge in [0.1, 0.15) is 11.6 Å². The molecule has 3 aromatic rings. The van der Waals surface area contributed by atoms with Crippen LogP contribution in [0.2, 0.25) is 0 Å². The summed E-state index contributed by atoms with van der Waals surface area (Å²) in [5.74, 6) is 2.71. The molecule has 0 aliphatic carbocycles. The van der Waals surface area contributed by atoms with E-state index in [1.807, 2.05) is 43.3 Å². The van der Waals surface area contributed by atoms with Gasteiger partial charge in [-0.1, -0.05) is 12.1 Å². The number of ether oxygens (including phenoxy) is 3. The SMILES string of the molecule is COc1ccc(CCC(=O)Nc2c(C)cnn2Cc2ccc(OC)c(OC)c2)cc1Br. The van der Waals surface area contributed by atoms with Crippen LogP contribution >= 0.6 is 15.9 Å². The van der Waals surface area contributed by atoms with Crippen molar-refractivity contribution in [3.8, 4) is 17.2 Å². The summed E-state index contributed by atoms with van der Waals surface area (Å²) in [7, 11) is 4.83. The summed E-state index contributed by atoms with van der Waals surface area (Å²) in [6.07, 6.45) is 2.73. The van der Waals surface area contributed by atoms with Crippen molar-refractivity contribution in [2.24, 2.45) is 0 Å². The Morgan fingerprint density at radius 1 is 1.00 bits per heavy atom. The predicted molar refractivity (Wildman–Crippen MR) is 123 cm³/mol. The minimum Gasteiger partial charge on any atom is -0.496 e. The minimum absolute atomic E-state index is 0.0656. The monoisotopic (exact) mass is 487 g/mol. The van der Waals surface area contributed by atoms with Crippen molar-refractivity contribution in [2.75, 3.05) is 26.6 Å². The highest BCUT2D eigenvalue weighted by Crippen LogP contribution is 2.29. The van der Waals surface area contributed by atoms with Gasteiger partial charge in [0.05, 0.1) is 38.5 Å². The molecule has 0 aliphatic heterocycles. The van der Waals surface area contributed by atoms with Crippen LogP contribution < -0.4 is 19.5 Å². The first-order valence-corrected chi connectivity index (χ1v) is 10.6. The molecule has 0 aliphatic rings. The number of halogens is 1. The first-order chi connectivity index (χ1) is 14.9. The second-order valence-electron chi connectivity index (χ2n) is 7.04. The first kappa shape index (κ1) is 22.7. The van der Waals surface area contributed by atoms with E-state index in [1.54, 1.807) is 32.2 Å². The predicted octanol–water partition coefficient (Wildman–Crippen LogP) is 4.60. The molecule has 3 rings (SSSR count). The van der Waals surface area contributed by atoms with E-state index < -0.39 is 0 Å².